The van der Waals surface area contributed by atoms with Crippen LogP contribution in [0.4, 0.5) is 11.5 Å². The van der Waals surface area contributed by atoms with Crippen LogP contribution in [0.25, 0.3) is 5.69 Å². The molecule has 0 aliphatic rings. The van der Waals surface area contributed by atoms with Crippen LogP contribution in [0.5, 0.6) is 0 Å². The van der Waals surface area contributed by atoms with Crippen LogP contribution in [0.2, 0.25) is 0 Å². The molecule has 7 heteroatoms. The second-order valence-corrected chi connectivity index (χ2v) is 6.06. The molecule has 0 saturated heterocycles. The molecule has 2 heterocycles. The molecule has 3 rings (SSSR count). The molecule has 0 fully saturated rings. The predicted octanol–water partition coefficient (Wildman–Crippen LogP) is 3.13. The van der Waals surface area contributed by atoms with Gasteiger partial charge in [0.15, 0.2) is 0 Å². The van der Waals surface area contributed by atoms with Crippen molar-refractivity contribution in [2.24, 2.45) is 0 Å². The maximum Gasteiger partial charge on any atom is 0.231 e. The third-order valence-corrected chi connectivity index (χ3v) is 4.44. The lowest BCUT2D eigenvalue weighted by atomic mass is 10.0. The second-order valence-electron chi connectivity index (χ2n) is 5.28. The van der Waals surface area contributed by atoms with Crippen LogP contribution in [0.15, 0.2) is 47.3 Å². The molecule has 0 radical (unpaired) electrons. The molecule has 3 aromatic rings. The maximum atomic E-state index is 12.3. The number of carbonyl (C=O) groups is 1. The van der Waals surface area contributed by atoms with Crippen molar-refractivity contribution in [3.05, 3.63) is 58.4 Å². The van der Waals surface area contributed by atoms with E-state index in [9.17, 15) is 4.79 Å². The van der Waals surface area contributed by atoms with Crippen molar-refractivity contribution in [3.63, 3.8) is 0 Å². The highest BCUT2D eigenvalue weighted by Gasteiger charge is 2.16. The van der Waals surface area contributed by atoms with Gasteiger partial charge in [0.1, 0.15) is 17.5 Å². The van der Waals surface area contributed by atoms with E-state index in [1.807, 2.05) is 29.8 Å². The first-order valence-electron chi connectivity index (χ1n) is 7.27. The number of nitrogen functional groups attached to an aromatic ring is 1. The lowest BCUT2D eigenvalue weighted by Gasteiger charge is -2.11. The number of hydrogen-bond donors (Lipinski definition) is 2. The van der Waals surface area contributed by atoms with E-state index in [1.165, 1.54) is 10.9 Å². The van der Waals surface area contributed by atoms with Crippen molar-refractivity contribution >= 4 is 28.7 Å². The number of anilines is 2. The molecule has 0 aliphatic heterocycles. The van der Waals surface area contributed by atoms with Gasteiger partial charge in [-0.3, -0.25) is 4.79 Å². The maximum absolute atomic E-state index is 12.3. The third kappa shape index (κ3) is 3.00. The SMILES string of the molecule is C[C@@H](C(=O)Nc1ccc(-n2ncc(C#N)c2N)cc1)c1ccsc1. The molecule has 6 nitrogen and oxygen atoms in total. The van der Waals surface area contributed by atoms with E-state index in [2.05, 4.69) is 10.4 Å². The van der Waals surface area contributed by atoms with Gasteiger partial charge in [-0.1, -0.05) is 0 Å². The summed E-state index contributed by atoms with van der Waals surface area (Å²) < 4.78 is 1.48. The highest BCUT2D eigenvalue weighted by molar-refractivity contribution is 7.08. The van der Waals surface area contributed by atoms with E-state index in [-0.39, 0.29) is 11.8 Å². The molecular weight excluding hydrogens is 322 g/mol. The first-order valence-corrected chi connectivity index (χ1v) is 8.21. The zero-order chi connectivity index (χ0) is 17.1. The summed E-state index contributed by atoms with van der Waals surface area (Å²) in [6, 6.07) is 11.1. The van der Waals surface area contributed by atoms with E-state index in [4.69, 9.17) is 11.0 Å². The Hall–Kier alpha value is -3.11. The lowest BCUT2D eigenvalue weighted by Crippen LogP contribution is -2.18. The fourth-order valence-electron chi connectivity index (χ4n) is 2.26. The van der Waals surface area contributed by atoms with Gasteiger partial charge in [-0.25, -0.2) is 4.68 Å². The summed E-state index contributed by atoms with van der Waals surface area (Å²) in [5, 5.41) is 19.8. The topological polar surface area (TPSA) is 96.7 Å². The average molecular weight is 337 g/mol. The Labute approximate surface area is 143 Å². The van der Waals surface area contributed by atoms with Gasteiger partial charge in [0.25, 0.3) is 0 Å². The van der Waals surface area contributed by atoms with Gasteiger partial charge in [0, 0.05) is 5.69 Å². The molecule has 1 aromatic carbocycles. The predicted molar refractivity (Wildman–Crippen MR) is 94.1 cm³/mol. The van der Waals surface area contributed by atoms with Crippen molar-refractivity contribution in [2.75, 3.05) is 11.1 Å². The summed E-state index contributed by atoms with van der Waals surface area (Å²) >= 11 is 1.57. The zero-order valence-corrected chi connectivity index (χ0v) is 13.7. The van der Waals surface area contributed by atoms with Gasteiger partial charge in [0.05, 0.1) is 17.8 Å². The van der Waals surface area contributed by atoms with Crippen LogP contribution in [0.3, 0.4) is 0 Å². The van der Waals surface area contributed by atoms with Crippen molar-refractivity contribution in [3.8, 4) is 11.8 Å². The number of benzene rings is 1. The number of thiophene rings is 1. The van der Waals surface area contributed by atoms with Gasteiger partial charge in [0.2, 0.25) is 5.91 Å². The van der Waals surface area contributed by atoms with Gasteiger partial charge >= 0.3 is 0 Å². The normalized spacial score (nSPS) is 11.7. The molecule has 0 unspecified atom stereocenters. The Morgan fingerprint density at radius 1 is 1.38 bits per heavy atom. The van der Waals surface area contributed by atoms with Crippen LogP contribution in [0, 0.1) is 11.3 Å². The largest absolute Gasteiger partial charge is 0.382 e. The van der Waals surface area contributed by atoms with E-state index in [0.29, 0.717) is 17.1 Å². The number of carbonyl (C=O) groups excluding carboxylic acids is 1. The monoisotopic (exact) mass is 337 g/mol. The van der Waals surface area contributed by atoms with E-state index in [0.717, 1.165) is 11.3 Å². The molecule has 0 aliphatic carbocycles. The number of nitrogens with two attached hydrogens (primary N) is 1. The minimum absolute atomic E-state index is 0.0634. The molecule has 0 spiro atoms. The van der Waals surface area contributed by atoms with E-state index in [1.54, 1.807) is 35.6 Å². The summed E-state index contributed by atoms with van der Waals surface area (Å²) in [6.45, 7) is 1.87. The van der Waals surface area contributed by atoms with Crippen molar-refractivity contribution in [1.82, 2.24) is 9.78 Å². The van der Waals surface area contributed by atoms with E-state index < -0.39 is 0 Å². The first kappa shape index (κ1) is 15.8. The van der Waals surface area contributed by atoms with Crippen LogP contribution >= 0.6 is 11.3 Å². The first-order chi connectivity index (χ1) is 11.6. The van der Waals surface area contributed by atoms with Crippen LogP contribution < -0.4 is 11.1 Å². The molecule has 0 saturated carbocycles. The Kier molecular flexibility index (Phi) is 4.31. The fourth-order valence-corrected chi connectivity index (χ4v) is 3.01. The van der Waals surface area contributed by atoms with Gasteiger partial charge < -0.3 is 11.1 Å². The molecule has 24 heavy (non-hydrogen) atoms. The van der Waals surface area contributed by atoms with Crippen LogP contribution in [-0.4, -0.2) is 15.7 Å². The lowest BCUT2D eigenvalue weighted by molar-refractivity contribution is -0.117. The summed E-state index contributed by atoms with van der Waals surface area (Å²) in [7, 11) is 0. The second kappa shape index (κ2) is 6.56. The number of nitriles is 1. The minimum Gasteiger partial charge on any atom is -0.382 e. The Balaban J connectivity index is 1.74. The number of amides is 1. The summed E-state index contributed by atoms with van der Waals surface area (Å²) in [5.74, 6) is 0.0164. The Bertz CT molecular complexity index is 890. The van der Waals surface area contributed by atoms with E-state index >= 15 is 0 Å². The molecular formula is C17H15N5OS. The molecule has 120 valence electrons. The highest BCUT2D eigenvalue weighted by Crippen LogP contribution is 2.22. The Morgan fingerprint density at radius 2 is 2.12 bits per heavy atom. The number of hydrogen-bond acceptors (Lipinski definition) is 5. The number of aromatic nitrogens is 2. The molecule has 3 N–H and O–H groups in total. The number of nitrogens with one attached hydrogen (secondary N) is 1. The van der Waals surface area contributed by atoms with Crippen molar-refractivity contribution < 1.29 is 4.79 Å². The average Bonchev–Trinajstić information content (AvgIpc) is 3.24. The van der Waals surface area contributed by atoms with Gasteiger partial charge in [-0.15, -0.1) is 0 Å². The standard InChI is InChI=1S/C17H15N5OS/c1-11(12-6-7-24-10-12)17(23)21-14-2-4-15(5-3-14)22-16(19)13(8-18)9-20-22/h2-7,9-11H,19H2,1H3,(H,21,23)/t11-/m1/s1. The summed E-state index contributed by atoms with van der Waals surface area (Å²) in [6.07, 6.45) is 1.42. The number of nitrogens with zero attached hydrogens (tertiary/aromatic N) is 3. The summed E-state index contributed by atoms with van der Waals surface area (Å²) in [4.78, 5) is 12.3. The quantitative estimate of drug-likeness (QED) is 0.764. The third-order valence-electron chi connectivity index (χ3n) is 3.74. The van der Waals surface area contributed by atoms with Crippen LogP contribution in [-0.2, 0) is 4.79 Å². The summed E-state index contributed by atoms with van der Waals surface area (Å²) in [5.41, 5.74) is 8.61. The zero-order valence-electron chi connectivity index (χ0n) is 12.9. The molecule has 1 atom stereocenters. The number of rotatable bonds is 4. The van der Waals surface area contributed by atoms with Crippen molar-refractivity contribution in [1.29, 1.82) is 5.26 Å². The smallest absolute Gasteiger partial charge is 0.231 e. The molecule has 0 bridgehead atoms. The minimum atomic E-state index is -0.212. The van der Waals surface area contributed by atoms with Crippen molar-refractivity contribution in [2.45, 2.75) is 12.8 Å². The van der Waals surface area contributed by atoms with Crippen LogP contribution in [0.1, 0.15) is 24.0 Å². The fraction of sp³-hybridized carbons (Fsp3) is 0.118. The molecule has 1 amide bonds. The highest BCUT2D eigenvalue weighted by atomic mass is 32.1. The van der Waals surface area contributed by atoms with Gasteiger partial charge in [-0.2, -0.15) is 21.7 Å². The Morgan fingerprint density at radius 3 is 2.71 bits per heavy atom. The van der Waals surface area contributed by atoms with Gasteiger partial charge in [-0.05, 0) is 53.6 Å². The molecule has 2 aromatic heterocycles.